The van der Waals surface area contributed by atoms with E-state index in [4.69, 9.17) is 9.47 Å². The molecule has 0 N–H and O–H groups in total. The first-order chi connectivity index (χ1) is 12.4. The van der Waals surface area contributed by atoms with E-state index < -0.39 is 5.97 Å². The van der Waals surface area contributed by atoms with Crippen LogP contribution in [0.25, 0.3) is 5.52 Å². The quantitative estimate of drug-likeness (QED) is 0.710. The summed E-state index contributed by atoms with van der Waals surface area (Å²) < 4.78 is 14.3. The standard InChI is InChI=1S/C19H25N3O4/c1-11(2)13-8-16-19(24)22(10-17(23)26-15-6-7-15)20-18(21(16)9-13)12(3)25-14-4-5-14/h8-9,11-12,14-15H,4-7,10H2,1-3H3. The van der Waals surface area contributed by atoms with Gasteiger partial charge in [-0.15, -0.1) is 0 Å². The van der Waals surface area contributed by atoms with E-state index in [-0.39, 0.29) is 36.3 Å². The Hall–Kier alpha value is -2.15. The molecule has 0 aromatic carbocycles. The molecular formula is C19H25N3O4. The molecule has 2 aromatic rings. The summed E-state index contributed by atoms with van der Waals surface area (Å²) in [6.07, 6.45) is 5.89. The predicted octanol–water partition coefficient (Wildman–Crippen LogP) is 2.57. The molecule has 0 spiro atoms. The molecule has 140 valence electrons. The van der Waals surface area contributed by atoms with Crippen molar-refractivity contribution in [1.82, 2.24) is 14.2 Å². The van der Waals surface area contributed by atoms with Crippen LogP contribution in [0.2, 0.25) is 0 Å². The molecule has 2 saturated carbocycles. The van der Waals surface area contributed by atoms with Crippen LogP contribution >= 0.6 is 0 Å². The van der Waals surface area contributed by atoms with Gasteiger partial charge in [-0.2, -0.15) is 5.10 Å². The van der Waals surface area contributed by atoms with Gasteiger partial charge in [0.2, 0.25) is 0 Å². The van der Waals surface area contributed by atoms with Crippen LogP contribution in [-0.4, -0.2) is 32.4 Å². The van der Waals surface area contributed by atoms with Gasteiger partial charge in [0.25, 0.3) is 5.56 Å². The first kappa shape index (κ1) is 17.3. The number of ether oxygens (including phenoxy) is 2. The summed E-state index contributed by atoms with van der Waals surface area (Å²) in [6.45, 7) is 5.93. The lowest BCUT2D eigenvalue weighted by Crippen LogP contribution is -2.31. The number of hydrogen-bond donors (Lipinski definition) is 0. The monoisotopic (exact) mass is 359 g/mol. The minimum atomic E-state index is -0.413. The SMILES string of the molecule is CC(C)c1cc2c(=O)n(CC(=O)OC3CC3)nc(C(C)OC3CC3)n2c1. The molecule has 2 heterocycles. The van der Waals surface area contributed by atoms with Crippen LogP contribution in [0, 0.1) is 0 Å². The Kier molecular flexibility index (Phi) is 4.34. The van der Waals surface area contributed by atoms with Crippen LogP contribution < -0.4 is 5.56 Å². The first-order valence-electron chi connectivity index (χ1n) is 9.40. The third kappa shape index (κ3) is 3.53. The van der Waals surface area contributed by atoms with Gasteiger partial charge in [-0.25, -0.2) is 4.68 Å². The van der Waals surface area contributed by atoms with Crippen molar-refractivity contribution < 1.29 is 14.3 Å². The van der Waals surface area contributed by atoms with Crippen molar-refractivity contribution in [3.05, 3.63) is 34.0 Å². The Morgan fingerprint density at radius 1 is 1.23 bits per heavy atom. The molecule has 0 aliphatic heterocycles. The van der Waals surface area contributed by atoms with Crippen LogP contribution in [0.5, 0.6) is 0 Å². The highest BCUT2D eigenvalue weighted by atomic mass is 16.5. The van der Waals surface area contributed by atoms with E-state index in [1.54, 1.807) is 0 Å². The van der Waals surface area contributed by atoms with Gasteiger partial charge in [-0.05, 0) is 50.2 Å². The highest BCUT2D eigenvalue weighted by molar-refractivity contribution is 5.69. The maximum absolute atomic E-state index is 12.8. The van der Waals surface area contributed by atoms with Gasteiger partial charge in [-0.3, -0.25) is 14.0 Å². The van der Waals surface area contributed by atoms with Gasteiger partial charge in [-0.1, -0.05) is 13.8 Å². The fraction of sp³-hybridized carbons (Fsp3) is 0.632. The maximum atomic E-state index is 12.8. The molecule has 0 bridgehead atoms. The highest BCUT2D eigenvalue weighted by Crippen LogP contribution is 2.30. The Bertz CT molecular complexity index is 890. The molecule has 1 unspecified atom stereocenters. The molecule has 0 radical (unpaired) electrons. The summed E-state index contributed by atoms with van der Waals surface area (Å²) in [7, 11) is 0. The molecule has 2 aromatic heterocycles. The predicted molar refractivity (Wildman–Crippen MR) is 95.2 cm³/mol. The van der Waals surface area contributed by atoms with E-state index in [1.165, 1.54) is 4.68 Å². The average Bonchev–Trinajstić information content (AvgIpc) is 3.50. The van der Waals surface area contributed by atoms with Crippen molar-refractivity contribution in [3.8, 4) is 0 Å². The highest BCUT2D eigenvalue weighted by Gasteiger charge is 2.29. The Balaban J connectivity index is 1.73. The van der Waals surface area contributed by atoms with Gasteiger partial charge < -0.3 is 9.47 Å². The van der Waals surface area contributed by atoms with Crippen molar-refractivity contribution in [1.29, 1.82) is 0 Å². The Morgan fingerprint density at radius 3 is 2.54 bits per heavy atom. The summed E-state index contributed by atoms with van der Waals surface area (Å²) >= 11 is 0. The van der Waals surface area contributed by atoms with Crippen molar-refractivity contribution in [2.45, 2.75) is 77.2 Å². The zero-order valence-corrected chi connectivity index (χ0v) is 15.5. The fourth-order valence-corrected chi connectivity index (χ4v) is 2.97. The van der Waals surface area contributed by atoms with Crippen LogP contribution in [-0.2, 0) is 20.8 Å². The fourth-order valence-electron chi connectivity index (χ4n) is 2.97. The van der Waals surface area contributed by atoms with Gasteiger partial charge in [0, 0.05) is 6.20 Å². The van der Waals surface area contributed by atoms with Gasteiger partial charge >= 0.3 is 5.97 Å². The van der Waals surface area contributed by atoms with E-state index in [2.05, 4.69) is 18.9 Å². The number of nitrogens with zero attached hydrogens (tertiary/aromatic N) is 3. The van der Waals surface area contributed by atoms with Gasteiger partial charge in [0.15, 0.2) is 5.82 Å². The van der Waals surface area contributed by atoms with Gasteiger partial charge in [0.05, 0.1) is 6.10 Å². The number of esters is 1. The zero-order chi connectivity index (χ0) is 18.4. The lowest BCUT2D eigenvalue weighted by molar-refractivity contribution is -0.145. The molecule has 4 rings (SSSR count). The molecule has 2 aliphatic rings. The Labute approximate surface area is 151 Å². The molecule has 0 saturated heterocycles. The first-order valence-corrected chi connectivity index (χ1v) is 9.40. The van der Waals surface area contributed by atoms with Crippen LogP contribution in [0.3, 0.4) is 0 Å². The molecule has 26 heavy (non-hydrogen) atoms. The number of fused-ring (bicyclic) bond motifs is 1. The summed E-state index contributed by atoms with van der Waals surface area (Å²) in [6, 6.07) is 1.88. The molecule has 2 fully saturated rings. The third-order valence-electron chi connectivity index (χ3n) is 4.82. The van der Waals surface area contributed by atoms with Crippen molar-refractivity contribution in [3.63, 3.8) is 0 Å². The maximum Gasteiger partial charge on any atom is 0.328 e. The van der Waals surface area contributed by atoms with Crippen molar-refractivity contribution in [2.75, 3.05) is 0 Å². The number of hydrogen-bond acceptors (Lipinski definition) is 5. The largest absolute Gasteiger partial charge is 0.461 e. The second-order valence-corrected chi connectivity index (χ2v) is 7.67. The van der Waals surface area contributed by atoms with E-state index in [0.717, 1.165) is 31.2 Å². The van der Waals surface area contributed by atoms with Crippen molar-refractivity contribution in [2.24, 2.45) is 0 Å². The van der Waals surface area contributed by atoms with Crippen LogP contribution in [0.15, 0.2) is 17.1 Å². The lowest BCUT2D eigenvalue weighted by Gasteiger charge is -2.16. The molecular weight excluding hydrogens is 334 g/mol. The number of carbonyl (C=O) groups is 1. The summed E-state index contributed by atoms with van der Waals surface area (Å²) in [5.74, 6) is 0.511. The zero-order valence-electron chi connectivity index (χ0n) is 15.5. The van der Waals surface area contributed by atoms with Gasteiger partial charge in [0.1, 0.15) is 24.3 Å². The molecule has 7 nitrogen and oxygen atoms in total. The minimum Gasteiger partial charge on any atom is -0.461 e. The van der Waals surface area contributed by atoms with Crippen LogP contribution in [0.1, 0.15) is 69.9 Å². The molecule has 1 atom stereocenters. The second kappa shape index (κ2) is 6.54. The third-order valence-corrected chi connectivity index (χ3v) is 4.82. The Morgan fingerprint density at radius 2 is 1.92 bits per heavy atom. The smallest absolute Gasteiger partial charge is 0.328 e. The van der Waals surface area contributed by atoms with E-state index in [1.807, 2.05) is 23.6 Å². The van der Waals surface area contributed by atoms with E-state index >= 15 is 0 Å². The summed E-state index contributed by atoms with van der Waals surface area (Å²) in [5, 5.41) is 4.46. The number of rotatable bonds is 7. The van der Waals surface area contributed by atoms with E-state index in [9.17, 15) is 9.59 Å². The normalized spacial score (nSPS) is 18.5. The van der Waals surface area contributed by atoms with Crippen molar-refractivity contribution >= 4 is 11.5 Å². The average molecular weight is 359 g/mol. The number of carbonyl (C=O) groups excluding carboxylic acids is 1. The van der Waals surface area contributed by atoms with Crippen LogP contribution in [0.4, 0.5) is 0 Å². The molecule has 7 heteroatoms. The van der Waals surface area contributed by atoms with E-state index in [0.29, 0.717) is 11.3 Å². The molecule has 0 amide bonds. The summed E-state index contributed by atoms with van der Waals surface area (Å²) in [5.41, 5.74) is 1.29. The lowest BCUT2D eigenvalue weighted by atomic mass is 10.1. The second-order valence-electron chi connectivity index (χ2n) is 7.67. The minimum absolute atomic E-state index is 0.0133. The topological polar surface area (TPSA) is 74.8 Å². The summed E-state index contributed by atoms with van der Waals surface area (Å²) in [4.78, 5) is 24.9. The molecule has 2 aliphatic carbocycles. The number of aromatic nitrogens is 3.